The molecule has 0 spiro atoms. The number of rotatable bonds is 6. The fourth-order valence-corrected chi connectivity index (χ4v) is 3.52. The summed E-state index contributed by atoms with van der Waals surface area (Å²) in [6, 6.07) is 2.05. The number of aryl methyl sites for hydroxylation is 1. The number of aliphatic hydroxyl groups excluding tert-OH is 1. The highest BCUT2D eigenvalue weighted by Gasteiger charge is 2.39. The second kappa shape index (κ2) is 6.38. The highest BCUT2D eigenvalue weighted by Crippen LogP contribution is 2.50. The van der Waals surface area contributed by atoms with Gasteiger partial charge in [0.2, 0.25) is 0 Å². The Morgan fingerprint density at radius 1 is 1.52 bits per heavy atom. The molecule has 1 aliphatic carbocycles. The Bertz CT molecular complexity index is 651. The van der Waals surface area contributed by atoms with Crippen LogP contribution < -0.4 is 9.47 Å². The molecule has 1 unspecified atom stereocenters. The number of hydrogen-bond donors (Lipinski definition) is 1. The molecule has 0 aromatic heterocycles. The van der Waals surface area contributed by atoms with Crippen LogP contribution in [0.4, 0.5) is 0 Å². The standard InChI is InChI=1S/C19H25NO3/c1-5-7-20(6-2)11-15-12(3)8-17(22-4)19-18(15)14-9-13(21)10-16(14)23-19/h5,8-9,13,16,21H,1,6-7,10-11H2,2-4H3/t13-,16?/m0/s1. The van der Waals surface area contributed by atoms with E-state index in [1.165, 1.54) is 11.1 Å². The minimum absolute atomic E-state index is 0.0519. The first-order valence-corrected chi connectivity index (χ1v) is 8.19. The quantitative estimate of drug-likeness (QED) is 0.820. The second-order valence-electron chi connectivity index (χ2n) is 6.23. The Hall–Kier alpha value is -1.78. The number of nitrogens with zero attached hydrogens (tertiary/aromatic N) is 1. The van der Waals surface area contributed by atoms with Gasteiger partial charge in [0.1, 0.15) is 6.10 Å². The van der Waals surface area contributed by atoms with Crippen molar-refractivity contribution in [2.45, 2.75) is 39.0 Å². The van der Waals surface area contributed by atoms with E-state index in [9.17, 15) is 5.11 Å². The lowest BCUT2D eigenvalue weighted by molar-refractivity contribution is 0.169. The van der Waals surface area contributed by atoms with E-state index in [2.05, 4.69) is 25.3 Å². The summed E-state index contributed by atoms with van der Waals surface area (Å²) >= 11 is 0. The SMILES string of the molecule is C=CCN(CC)Cc1c(C)cc(OC)c2c1C1=C[C@H](O)CC1O2. The van der Waals surface area contributed by atoms with Crippen LogP contribution in [0.25, 0.3) is 5.57 Å². The Kier molecular flexibility index (Phi) is 4.46. The average molecular weight is 315 g/mol. The molecule has 23 heavy (non-hydrogen) atoms. The summed E-state index contributed by atoms with van der Waals surface area (Å²) in [6.45, 7) is 10.8. The lowest BCUT2D eigenvalue weighted by Gasteiger charge is -2.22. The van der Waals surface area contributed by atoms with Crippen molar-refractivity contribution in [1.82, 2.24) is 4.90 Å². The molecule has 0 bridgehead atoms. The molecule has 0 saturated heterocycles. The van der Waals surface area contributed by atoms with Gasteiger partial charge in [-0.25, -0.2) is 0 Å². The predicted molar refractivity (Wildman–Crippen MR) is 91.9 cm³/mol. The fraction of sp³-hybridized carbons (Fsp3) is 0.474. The van der Waals surface area contributed by atoms with Gasteiger partial charge < -0.3 is 14.6 Å². The van der Waals surface area contributed by atoms with Crippen molar-refractivity contribution in [3.63, 3.8) is 0 Å². The number of methoxy groups -OCH3 is 1. The summed E-state index contributed by atoms with van der Waals surface area (Å²) in [5.74, 6) is 1.60. The third-order valence-corrected chi connectivity index (χ3v) is 4.74. The minimum Gasteiger partial charge on any atom is -0.493 e. The van der Waals surface area contributed by atoms with Crippen LogP contribution in [0.15, 0.2) is 24.8 Å². The van der Waals surface area contributed by atoms with Gasteiger partial charge in [-0.1, -0.05) is 13.0 Å². The first-order valence-electron chi connectivity index (χ1n) is 8.19. The molecule has 3 rings (SSSR count). The zero-order valence-corrected chi connectivity index (χ0v) is 14.1. The van der Waals surface area contributed by atoms with Crippen LogP contribution in [0.1, 0.15) is 30.0 Å². The van der Waals surface area contributed by atoms with E-state index >= 15 is 0 Å². The van der Waals surface area contributed by atoms with E-state index in [0.717, 1.165) is 42.3 Å². The van der Waals surface area contributed by atoms with Crippen molar-refractivity contribution in [1.29, 1.82) is 0 Å². The van der Waals surface area contributed by atoms with Gasteiger partial charge in [-0.3, -0.25) is 4.90 Å². The normalized spacial score (nSPS) is 21.7. The van der Waals surface area contributed by atoms with Gasteiger partial charge in [-0.2, -0.15) is 0 Å². The van der Waals surface area contributed by atoms with Gasteiger partial charge in [-0.15, -0.1) is 6.58 Å². The van der Waals surface area contributed by atoms with Crippen LogP contribution in [0, 0.1) is 6.92 Å². The van der Waals surface area contributed by atoms with Gasteiger partial charge >= 0.3 is 0 Å². The van der Waals surface area contributed by atoms with Crippen molar-refractivity contribution < 1.29 is 14.6 Å². The van der Waals surface area contributed by atoms with Gasteiger partial charge in [0, 0.05) is 30.6 Å². The average Bonchev–Trinajstić information content (AvgIpc) is 3.05. The fourth-order valence-electron chi connectivity index (χ4n) is 3.52. The molecule has 4 nitrogen and oxygen atoms in total. The summed E-state index contributed by atoms with van der Waals surface area (Å²) in [6.07, 6.45) is 4.01. The second-order valence-corrected chi connectivity index (χ2v) is 6.23. The van der Waals surface area contributed by atoms with Crippen molar-refractivity contribution in [3.8, 4) is 11.5 Å². The summed E-state index contributed by atoms with van der Waals surface area (Å²) in [7, 11) is 1.67. The molecule has 1 aromatic rings. The molecule has 2 atom stereocenters. The highest BCUT2D eigenvalue weighted by molar-refractivity contribution is 5.84. The van der Waals surface area contributed by atoms with Gasteiger partial charge in [0.25, 0.3) is 0 Å². The molecule has 1 aliphatic heterocycles. The first kappa shape index (κ1) is 16.1. The molecule has 1 aromatic carbocycles. The van der Waals surface area contributed by atoms with E-state index < -0.39 is 6.10 Å². The van der Waals surface area contributed by atoms with E-state index in [-0.39, 0.29) is 6.10 Å². The van der Waals surface area contributed by atoms with Gasteiger partial charge in [0.05, 0.1) is 13.2 Å². The molecule has 4 heteroatoms. The third-order valence-electron chi connectivity index (χ3n) is 4.74. The molecule has 0 saturated carbocycles. The zero-order chi connectivity index (χ0) is 16.6. The van der Waals surface area contributed by atoms with Crippen LogP contribution in [0.5, 0.6) is 11.5 Å². The summed E-state index contributed by atoms with van der Waals surface area (Å²) in [5, 5.41) is 9.95. The Morgan fingerprint density at radius 2 is 2.30 bits per heavy atom. The molecule has 0 fully saturated rings. The summed E-state index contributed by atoms with van der Waals surface area (Å²) < 4.78 is 11.6. The minimum atomic E-state index is -0.419. The van der Waals surface area contributed by atoms with Crippen LogP contribution in [-0.4, -0.2) is 42.4 Å². The van der Waals surface area contributed by atoms with Crippen molar-refractivity contribution >= 4 is 5.57 Å². The first-order chi connectivity index (χ1) is 11.1. The topological polar surface area (TPSA) is 41.9 Å². The van der Waals surface area contributed by atoms with Crippen molar-refractivity contribution in [2.24, 2.45) is 0 Å². The summed E-state index contributed by atoms with van der Waals surface area (Å²) in [4.78, 5) is 2.33. The van der Waals surface area contributed by atoms with E-state index in [1.54, 1.807) is 7.11 Å². The van der Waals surface area contributed by atoms with Crippen LogP contribution in [0.2, 0.25) is 0 Å². The van der Waals surface area contributed by atoms with Crippen molar-refractivity contribution in [3.05, 3.63) is 41.5 Å². The molecule has 0 radical (unpaired) electrons. The zero-order valence-electron chi connectivity index (χ0n) is 14.1. The van der Waals surface area contributed by atoms with Crippen LogP contribution in [-0.2, 0) is 6.54 Å². The molecule has 2 aliphatic rings. The van der Waals surface area contributed by atoms with Gasteiger partial charge in [0.15, 0.2) is 11.5 Å². The maximum Gasteiger partial charge on any atom is 0.170 e. The maximum absolute atomic E-state index is 9.95. The maximum atomic E-state index is 9.95. The van der Waals surface area contributed by atoms with E-state index in [4.69, 9.17) is 9.47 Å². The number of hydrogen-bond acceptors (Lipinski definition) is 4. The Labute approximate surface area is 138 Å². The Morgan fingerprint density at radius 3 is 2.96 bits per heavy atom. The molecule has 1 N–H and O–H groups in total. The lowest BCUT2D eigenvalue weighted by Crippen LogP contribution is -2.23. The monoisotopic (exact) mass is 315 g/mol. The molecule has 0 amide bonds. The largest absolute Gasteiger partial charge is 0.493 e. The number of likely N-dealkylation sites (N-methyl/N-ethyl adjacent to an activating group) is 1. The summed E-state index contributed by atoms with van der Waals surface area (Å²) in [5.41, 5.74) is 4.67. The van der Waals surface area contributed by atoms with E-state index in [0.29, 0.717) is 6.42 Å². The molecular weight excluding hydrogens is 290 g/mol. The lowest BCUT2D eigenvalue weighted by atomic mass is 9.94. The number of benzene rings is 1. The molecular formula is C19H25NO3. The van der Waals surface area contributed by atoms with Gasteiger partial charge in [-0.05, 0) is 36.7 Å². The molecule has 124 valence electrons. The van der Waals surface area contributed by atoms with E-state index in [1.807, 2.05) is 18.2 Å². The smallest absolute Gasteiger partial charge is 0.170 e. The van der Waals surface area contributed by atoms with Crippen LogP contribution in [0.3, 0.4) is 0 Å². The third kappa shape index (κ3) is 2.77. The van der Waals surface area contributed by atoms with Crippen molar-refractivity contribution in [2.75, 3.05) is 20.2 Å². The number of fused-ring (bicyclic) bond motifs is 3. The number of aliphatic hydroxyl groups is 1. The predicted octanol–water partition coefficient (Wildman–Crippen LogP) is 2.92. The molecule has 1 heterocycles. The van der Waals surface area contributed by atoms with Crippen LogP contribution >= 0.6 is 0 Å². The highest BCUT2D eigenvalue weighted by atomic mass is 16.5. The Balaban J connectivity index is 2.09. The number of ether oxygens (including phenoxy) is 2.